The van der Waals surface area contributed by atoms with Crippen molar-refractivity contribution >= 4 is 31.6 Å². The molecule has 102 valence electrons. The van der Waals surface area contributed by atoms with Crippen LogP contribution in [-0.4, -0.2) is 18.5 Å². The van der Waals surface area contributed by atoms with E-state index < -0.39 is 15.8 Å². The number of anilines is 1. The number of aliphatic hydroxyl groups is 1. The summed E-state index contributed by atoms with van der Waals surface area (Å²) in [7, 11) is -3.91. The summed E-state index contributed by atoms with van der Waals surface area (Å²) in [5.41, 5.74) is 0.197. The van der Waals surface area contributed by atoms with Crippen LogP contribution in [0, 0.1) is 5.82 Å². The predicted molar refractivity (Wildman–Crippen MR) is 71.6 cm³/mol. The van der Waals surface area contributed by atoms with E-state index in [1.807, 2.05) is 0 Å². The third-order valence-electron chi connectivity index (χ3n) is 2.40. The van der Waals surface area contributed by atoms with E-state index in [-0.39, 0.29) is 17.2 Å². The first kappa shape index (κ1) is 14.0. The Morgan fingerprint density at radius 2 is 2.16 bits per heavy atom. The Morgan fingerprint density at radius 3 is 2.74 bits per heavy atom. The lowest BCUT2D eigenvalue weighted by Crippen LogP contribution is -2.13. The number of benzene rings is 1. The molecule has 8 heteroatoms. The molecule has 19 heavy (non-hydrogen) atoms. The number of H-pyrrole nitrogens is 1. The number of para-hydroxylation sites is 1. The minimum Gasteiger partial charge on any atom is -0.390 e. The zero-order chi connectivity index (χ0) is 14.0. The lowest BCUT2D eigenvalue weighted by molar-refractivity contribution is 0.277. The van der Waals surface area contributed by atoms with Crippen LogP contribution in [0.4, 0.5) is 10.1 Å². The second kappa shape index (κ2) is 5.32. The van der Waals surface area contributed by atoms with Gasteiger partial charge in [0.15, 0.2) is 0 Å². The Kier molecular flexibility index (Phi) is 3.93. The van der Waals surface area contributed by atoms with E-state index >= 15 is 0 Å². The maximum Gasteiger partial charge on any atom is 0.263 e. The largest absolute Gasteiger partial charge is 0.390 e. The monoisotopic (exact) mass is 348 g/mol. The second-order valence-electron chi connectivity index (χ2n) is 3.72. The van der Waals surface area contributed by atoms with Crippen molar-refractivity contribution in [3.8, 4) is 0 Å². The number of sulfonamides is 1. The van der Waals surface area contributed by atoms with Crippen LogP contribution in [-0.2, 0) is 16.6 Å². The molecular formula is C11H10BrFN2O3S. The quantitative estimate of drug-likeness (QED) is 0.792. The molecule has 1 heterocycles. The van der Waals surface area contributed by atoms with Gasteiger partial charge in [-0.25, -0.2) is 12.8 Å². The van der Waals surface area contributed by atoms with Gasteiger partial charge in [-0.15, -0.1) is 0 Å². The zero-order valence-corrected chi connectivity index (χ0v) is 11.9. The molecule has 2 aromatic rings. The van der Waals surface area contributed by atoms with Gasteiger partial charge in [0.25, 0.3) is 10.0 Å². The van der Waals surface area contributed by atoms with Crippen molar-refractivity contribution in [2.45, 2.75) is 11.5 Å². The molecule has 3 N–H and O–H groups in total. The van der Waals surface area contributed by atoms with Crippen molar-refractivity contribution in [3.63, 3.8) is 0 Å². The second-order valence-corrected chi connectivity index (χ2v) is 6.26. The van der Waals surface area contributed by atoms with Crippen LogP contribution < -0.4 is 4.72 Å². The van der Waals surface area contributed by atoms with Gasteiger partial charge in [0.1, 0.15) is 10.7 Å². The van der Waals surface area contributed by atoms with E-state index in [1.165, 1.54) is 24.4 Å². The first-order valence-electron chi connectivity index (χ1n) is 5.19. The number of hydrogen-bond acceptors (Lipinski definition) is 3. The van der Waals surface area contributed by atoms with Crippen molar-refractivity contribution in [1.82, 2.24) is 4.98 Å². The van der Waals surface area contributed by atoms with Gasteiger partial charge in [0.2, 0.25) is 0 Å². The predicted octanol–water partition coefficient (Wildman–Crippen LogP) is 2.21. The molecule has 0 saturated heterocycles. The summed E-state index contributed by atoms with van der Waals surface area (Å²) >= 11 is 3.08. The average Bonchev–Trinajstić information content (AvgIpc) is 2.83. The van der Waals surface area contributed by atoms with Crippen LogP contribution in [0.1, 0.15) is 5.69 Å². The summed E-state index contributed by atoms with van der Waals surface area (Å²) in [6.07, 6.45) is 1.22. The number of rotatable bonds is 4. The Morgan fingerprint density at radius 1 is 1.42 bits per heavy atom. The molecule has 0 radical (unpaired) electrons. The maximum absolute atomic E-state index is 13.6. The highest BCUT2D eigenvalue weighted by molar-refractivity contribution is 9.10. The molecule has 0 bridgehead atoms. The fourth-order valence-corrected chi connectivity index (χ4v) is 3.13. The normalized spacial score (nSPS) is 11.5. The molecule has 0 aliphatic heterocycles. The van der Waals surface area contributed by atoms with Gasteiger partial charge in [-0.3, -0.25) is 4.72 Å². The fourth-order valence-electron chi connectivity index (χ4n) is 1.45. The summed E-state index contributed by atoms with van der Waals surface area (Å²) in [6.45, 7) is -0.307. The minimum atomic E-state index is -3.91. The third kappa shape index (κ3) is 2.96. The van der Waals surface area contributed by atoms with Gasteiger partial charge in [-0.1, -0.05) is 6.07 Å². The summed E-state index contributed by atoms with van der Waals surface area (Å²) in [6, 6.07) is 5.41. The van der Waals surface area contributed by atoms with Crippen molar-refractivity contribution in [2.24, 2.45) is 0 Å². The Labute approximate surface area is 117 Å². The van der Waals surface area contributed by atoms with Gasteiger partial charge < -0.3 is 10.1 Å². The molecule has 5 nitrogen and oxygen atoms in total. The molecule has 0 amide bonds. The third-order valence-corrected chi connectivity index (χ3v) is 4.39. The highest BCUT2D eigenvalue weighted by atomic mass is 79.9. The van der Waals surface area contributed by atoms with Crippen LogP contribution in [0.3, 0.4) is 0 Å². The van der Waals surface area contributed by atoms with Crippen LogP contribution in [0.25, 0.3) is 0 Å². The summed E-state index contributed by atoms with van der Waals surface area (Å²) in [5, 5.41) is 8.88. The zero-order valence-electron chi connectivity index (χ0n) is 9.52. The number of aromatic amines is 1. The first-order valence-corrected chi connectivity index (χ1v) is 7.46. The summed E-state index contributed by atoms with van der Waals surface area (Å²) in [4.78, 5) is 2.52. The van der Waals surface area contributed by atoms with E-state index in [0.29, 0.717) is 10.2 Å². The minimum absolute atomic E-state index is 0.0771. The molecule has 0 fully saturated rings. The average molecular weight is 349 g/mol. The van der Waals surface area contributed by atoms with Crippen molar-refractivity contribution in [1.29, 1.82) is 0 Å². The Bertz CT molecular complexity index is 679. The van der Waals surface area contributed by atoms with Crippen LogP contribution in [0.15, 0.2) is 39.8 Å². The molecular weight excluding hydrogens is 339 g/mol. The molecule has 0 spiro atoms. The first-order chi connectivity index (χ1) is 8.94. The van der Waals surface area contributed by atoms with Crippen molar-refractivity contribution < 1.29 is 17.9 Å². The molecule has 0 aliphatic rings. The number of aromatic nitrogens is 1. The standard InChI is InChI=1S/C11H10BrFN2O3S/c12-9-2-1-3-10(13)11(9)15-19(17,18)8-4-7(6-16)14-5-8/h1-5,14-16H,6H2. The molecule has 0 saturated carbocycles. The Hall–Kier alpha value is -1.38. The number of nitrogens with one attached hydrogen (secondary N) is 2. The van der Waals surface area contributed by atoms with Crippen LogP contribution in [0.2, 0.25) is 0 Å². The molecule has 0 atom stereocenters. The highest BCUT2D eigenvalue weighted by Crippen LogP contribution is 2.27. The molecule has 2 rings (SSSR count). The van der Waals surface area contributed by atoms with Crippen LogP contribution >= 0.6 is 15.9 Å². The van der Waals surface area contributed by atoms with E-state index in [1.54, 1.807) is 0 Å². The highest BCUT2D eigenvalue weighted by Gasteiger charge is 2.19. The summed E-state index contributed by atoms with van der Waals surface area (Å²) in [5.74, 6) is -0.684. The topological polar surface area (TPSA) is 82.2 Å². The molecule has 0 aliphatic carbocycles. The van der Waals surface area contributed by atoms with Crippen molar-refractivity contribution in [3.05, 3.63) is 46.4 Å². The van der Waals surface area contributed by atoms with Gasteiger partial charge in [0, 0.05) is 16.4 Å². The van der Waals surface area contributed by atoms with Gasteiger partial charge in [0.05, 0.1) is 12.3 Å². The van der Waals surface area contributed by atoms with E-state index in [9.17, 15) is 12.8 Å². The number of halogens is 2. The van der Waals surface area contributed by atoms with E-state index in [2.05, 4.69) is 25.6 Å². The molecule has 1 aromatic carbocycles. The lowest BCUT2D eigenvalue weighted by Gasteiger charge is -2.09. The van der Waals surface area contributed by atoms with E-state index in [4.69, 9.17) is 5.11 Å². The van der Waals surface area contributed by atoms with Crippen molar-refractivity contribution in [2.75, 3.05) is 4.72 Å². The SMILES string of the molecule is O=S(=O)(Nc1c(F)cccc1Br)c1c[nH]c(CO)c1. The number of aliphatic hydroxyl groups excluding tert-OH is 1. The smallest absolute Gasteiger partial charge is 0.263 e. The Balaban J connectivity index is 2.36. The van der Waals surface area contributed by atoms with Gasteiger partial charge in [-0.2, -0.15) is 0 Å². The summed E-state index contributed by atoms with van der Waals surface area (Å²) < 4.78 is 40.1. The maximum atomic E-state index is 13.6. The number of hydrogen-bond donors (Lipinski definition) is 3. The van der Waals surface area contributed by atoms with Crippen LogP contribution in [0.5, 0.6) is 0 Å². The van der Waals surface area contributed by atoms with Gasteiger partial charge in [-0.05, 0) is 34.1 Å². The molecule has 0 unspecified atom stereocenters. The lowest BCUT2D eigenvalue weighted by atomic mass is 10.3. The van der Waals surface area contributed by atoms with Gasteiger partial charge >= 0.3 is 0 Å². The fraction of sp³-hybridized carbons (Fsp3) is 0.0909. The molecule has 1 aromatic heterocycles. The van der Waals surface area contributed by atoms with E-state index in [0.717, 1.165) is 6.07 Å².